The van der Waals surface area contributed by atoms with Crippen molar-refractivity contribution >= 4 is 23.2 Å². The lowest BCUT2D eigenvalue weighted by Crippen LogP contribution is -2.55. The van der Waals surface area contributed by atoms with Crippen LogP contribution in [0.15, 0.2) is 30.3 Å². The van der Waals surface area contributed by atoms with Crippen LogP contribution in [-0.2, 0) is 11.2 Å². The van der Waals surface area contributed by atoms with Crippen LogP contribution in [0.1, 0.15) is 45.2 Å². The van der Waals surface area contributed by atoms with Crippen LogP contribution in [0.4, 0.5) is 0 Å². The lowest BCUT2D eigenvalue weighted by atomic mass is 10.1. The summed E-state index contributed by atoms with van der Waals surface area (Å²) in [7, 11) is 0. The average molecular weight is 413 g/mol. The minimum atomic E-state index is -0.0441. The van der Waals surface area contributed by atoms with E-state index in [9.17, 15) is 9.59 Å². The normalized spacial score (nSPS) is 20.9. The lowest BCUT2D eigenvalue weighted by Gasteiger charge is -2.38. The van der Waals surface area contributed by atoms with E-state index in [0.717, 1.165) is 60.9 Å². The number of rotatable bonds is 4. The summed E-state index contributed by atoms with van der Waals surface area (Å²) in [6.07, 6.45) is 3.80. The van der Waals surface area contributed by atoms with Crippen LogP contribution in [0, 0.1) is 6.92 Å². The molecule has 0 saturated carbocycles. The highest BCUT2D eigenvalue weighted by Gasteiger charge is 2.32. The van der Waals surface area contributed by atoms with Gasteiger partial charge in [0.15, 0.2) is 0 Å². The number of nitrogens with one attached hydrogen (secondary N) is 1. The van der Waals surface area contributed by atoms with E-state index in [2.05, 4.69) is 27.3 Å². The second-order valence-corrected chi connectivity index (χ2v) is 8.90. The highest BCUT2D eigenvalue weighted by molar-refractivity contribution is 7.13. The molecule has 2 aliphatic heterocycles. The van der Waals surface area contributed by atoms with Crippen molar-refractivity contribution in [3.05, 3.63) is 51.5 Å². The third kappa shape index (κ3) is 4.67. The molecule has 0 unspecified atom stereocenters. The van der Waals surface area contributed by atoms with Gasteiger partial charge in [0.1, 0.15) is 4.88 Å². The summed E-state index contributed by atoms with van der Waals surface area (Å²) >= 11 is 1.51. The molecule has 29 heavy (non-hydrogen) atoms. The number of carbonyl (C=O) groups is 2. The molecule has 2 aliphatic rings. The van der Waals surface area contributed by atoms with Crippen molar-refractivity contribution in [1.82, 2.24) is 20.1 Å². The molecule has 3 heterocycles. The van der Waals surface area contributed by atoms with Gasteiger partial charge in [-0.25, -0.2) is 4.98 Å². The van der Waals surface area contributed by atoms with E-state index in [1.54, 1.807) is 0 Å². The van der Waals surface area contributed by atoms with Crippen molar-refractivity contribution < 1.29 is 9.59 Å². The van der Waals surface area contributed by atoms with Crippen LogP contribution in [-0.4, -0.2) is 65.4 Å². The Kier molecular flexibility index (Phi) is 6.25. The van der Waals surface area contributed by atoms with Crippen LogP contribution in [0.3, 0.4) is 0 Å². The number of thiazole rings is 1. The van der Waals surface area contributed by atoms with Gasteiger partial charge in [0.2, 0.25) is 5.91 Å². The van der Waals surface area contributed by atoms with Gasteiger partial charge in [-0.2, -0.15) is 0 Å². The summed E-state index contributed by atoms with van der Waals surface area (Å²) in [5.41, 5.74) is 2.02. The zero-order valence-corrected chi connectivity index (χ0v) is 17.7. The van der Waals surface area contributed by atoms with E-state index in [-0.39, 0.29) is 17.9 Å². The van der Waals surface area contributed by atoms with Gasteiger partial charge in [-0.05, 0) is 31.7 Å². The quantitative estimate of drug-likeness (QED) is 0.838. The van der Waals surface area contributed by atoms with Crippen molar-refractivity contribution in [2.75, 3.05) is 32.7 Å². The largest absolute Gasteiger partial charge is 0.355 e. The van der Waals surface area contributed by atoms with E-state index in [0.29, 0.717) is 13.1 Å². The van der Waals surface area contributed by atoms with Gasteiger partial charge < -0.3 is 10.2 Å². The number of piperazine rings is 1. The molecule has 2 aromatic rings. The molecule has 1 N–H and O–H groups in total. The van der Waals surface area contributed by atoms with Gasteiger partial charge in [-0.1, -0.05) is 30.3 Å². The monoisotopic (exact) mass is 412 g/mol. The van der Waals surface area contributed by atoms with Crippen LogP contribution in [0.2, 0.25) is 0 Å². The number of carbonyl (C=O) groups excluding carboxylic acids is 2. The first-order valence-corrected chi connectivity index (χ1v) is 11.2. The highest BCUT2D eigenvalue weighted by atomic mass is 32.1. The van der Waals surface area contributed by atoms with Crippen LogP contribution < -0.4 is 5.32 Å². The van der Waals surface area contributed by atoms with E-state index in [1.807, 2.05) is 30.0 Å². The highest BCUT2D eigenvalue weighted by Crippen LogP contribution is 2.24. The molecule has 154 valence electrons. The Balaban J connectivity index is 1.38. The minimum absolute atomic E-state index is 0.0441. The summed E-state index contributed by atoms with van der Waals surface area (Å²) < 4.78 is 0. The molecule has 4 rings (SSSR count). The number of benzene rings is 1. The summed E-state index contributed by atoms with van der Waals surface area (Å²) in [6, 6.07) is 10.2. The molecular weight excluding hydrogens is 384 g/mol. The fourth-order valence-electron chi connectivity index (χ4n) is 4.15. The molecular formula is C22H28N4O2S. The fraction of sp³-hybridized carbons (Fsp3) is 0.500. The van der Waals surface area contributed by atoms with Gasteiger partial charge in [-0.15, -0.1) is 11.3 Å². The number of aromatic nitrogens is 1. The molecule has 0 spiro atoms. The van der Waals surface area contributed by atoms with Crippen LogP contribution in [0.5, 0.6) is 0 Å². The first-order chi connectivity index (χ1) is 14.1. The maximum Gasteiger partial charge on any atom is 0.265 e. The van der Waals surface area contributed by atoms with E-state index >= 15 is 0 Å². The third-order valence-electron chi connectivity index (χ3n) is 5.78. The second-order valence-electron chi connectivity index (χ2n) is 7.82. The maximum atomic E-state index is 13.1. The molecule has 0 aliphatic carbocycles. The Bertz CT molecular complexity index is 859. The summed E-state index contributed by atoms with van der Waals surface area (Å²) in [5, 5.41) is 3.99. The zero-order chi connectivity index (χ0) is 20.2. The summed E-state index contributed by atoms with van der Waals surface area (Å²) in [6.45, 7) is 5.52. The van der Waals surface area contributed by atoms with Gasteiger partial charge in [0, 0.05) is 39.1 Å². The molecule has 1 atom stereocenters. The Morgan fingerprint density at radius 3 is 2.69 bits per heavy atom. The number of hydrogen-bond acceptors (Lipinski definition) is 5. The predicted octanol–water partition coefficient (Wildman–Crippen LogP) is 2.47. The van der Waals surface area contributed by atoms with Crippen molar-refractivity contribution in [2.24, 2.45) is 0 Å². The Labute approximate surface area is 175 Å². The van der Waals surface area contributed by atoms with Gasteiger partial charge in [0.25, 0.3) is 5.91 Å². The molecule has 1 aromatic carbocycles. The first-order valence-electron chi connectivity index (χ1n) is 10.4. The predicted molar refractivity (Wildman–Crippen MR) is 114 cm³/mol. The molecule has 2 amide bonds. The fourth-order valence-corrected chi connectivity index (χ4v) is 5.22. The molecule has 2 saturated heterocycles. The smallest absolute Gasteiger partial charge is 0.265 e. The molecule has 2 fully saturated rings. The van der Waals surface area contributed by atoms with E-state index in [4.69, 9.17) is 0 Å². The number of nitrogens with zero attached hydrogens (tertiary/aromatic N) is 3. The maximum absolute atomic E-state index is 13.1. The minimum Gasteiger partial charge on any atom is -0.355 e. The molecule has 6 nitrogen and oxygen atoms in total. The molecule has 0 bridgehead atoms. The summed E-state index contributed by atoms with van der Waals surface area (Å²) in [4.78, 5) is 34.9. The first kappa shape index (κ1) is 20.0. The molecule has 0 radical (unpaired) electrons. The third-order valence-corrected chi connectivity index (χ3v) is 6.93. The Morgan fingerprint density at radius 1 is 1.17 bits per heavy atom. The van der Waals surface area contributed by atoms with Gasteiger partial charge >= 0.3 is 0 Å². The topological polar surface area (TPSA) is 65.5 Å². The molecule has 7 heteroatoms. The number of amides is 2. The van der Waals surface area contributed by atoms with E-state index < -0.39 is 0 Å². The molecule has 1 aromatic heterocycles. The van der Waals surface area contributed by atoms with Crippen LogP contribution >= 0.6 is 11.3 Å². The zero-order valence-electron chi connectivity index (χ0n) is 16.9. The van der Waals surface area contributed by atoms with Gasteiger partial charge in [-0.3, -0.25) is 14.5 Å². The Morgan fingerprint density at radius 2 is 1.93 bits per heavy atom. The second kappa shape index (κ2) is 9.05. The van der Waals surface area contributed by atoms with Crippen molar-refractivity contribution in [2.45, 2.75) is 38.6 Å². The van der Waals surface area contributed by atoms with Gasteiger partial charge in [0.05, 0.1) is 16.7 Å². The standard InChI is InChI=1S/C22H28N4O2S/c1-16-20(29-19(24-16)15-17-7-3-2-4-8-17)22(28)26-13-11-25(12-14-26)18-9-5-6-10-23-21(18)27/h2-4,7-8,18H,5-6,9-15H2,1H3,(H,23,27)/t18-/m1/s1. The Hall–Kier alpha value is -2.25. The number of aryl methyl sites for hydroxylation is 1. The average Bonchev–Trinajstić information content (AvgIpc) is 2.96. The SMILES string of the molecule is Cc1nc(Cc2ccccc2)sc1C(=O)N1CCN([C@@H]2CCCCNC2=O)CC1. The summed E-state index contributed by atoms with van der Waals surface area (Å²) in [5.74, 6) is 0.218. The van der Waals surface area contributed by atoms with Crippen molar-refractivity contribution in [1.29, 1.82) is 0 Å². The van der Waals surface area contributed by atoms with E-state index in [1.165, 1.54) is 16.9 Å². The lowest BCUT2D eigenvalue weighted by molar-refractivity contribution is -0.126. The van der Waals surface area contributed by atoms with Crippen molar-refractivity contribution in [3.63, 3.8) is 0 Å². The van der Waals surface area contributed by atoms with Crippen molar-refractivity contribution in [3.8, 4) is 0 Å². The van der Waals surface area contributed by atoms with Crippen LogP contribution in [0.25, 0.3) is 0 Å². The number of hydrogen-bond donors (Lipinski definition) is 1.